The molecule has 0 unspecified atom stereocenters. The molecule has 2 aliphatic heterocycles. The Kier molecular flexibility index (Phi) is 12.0. The molecule has 0 spiro atoms. The van der Waals surface area contributed by atoms with Crippen molar-refractivity contribution in [1.82, 2.24) is 20.9 Å². The molecule has 1 fully saturated rings. The van der Waals surface area contributed by atoms with Crippen LogP contribution in [0.3, 0.4) is 0 Å². The van der Waals surface area contributed by atoms with Crippen LogP contribution in [0.25, 0.3) is 21.9 Å². The first-order chi connectivity index (χ1) is 25.1. The van der Waals surface area contributed by atoms with Crippen molar-refractivity contribution in [1.29, 1.82) is 0 Å². The molecule has 3 atom stereocenters. The van der Waals surface area contributed by atoms with E-state index >= 15 is 0 Å². The lowest BCUT2D eigenvalue weighted by atomic mass is 10.0. The van der Waals surface area contributed by atoms with Gasteiger partial charge in [-0.2, -0.15) is 0 Å². The first-order valence-corrected chi connectivity index (χ1v) is 18.4. The Bertz CT molecular complexity index is 1960. The maximum atomic E-state index is 14.9. The molecule has 52 heavy (non-hydrogen) atoms. The van der Waals surface area contributed by atoms with Gasteiger partial charge in [-0.3, -0.25) is 19.2 Å². The molecule has 1 saturated heterocycles. The van der Waals surface area contributed by atoms with Crippen molar-refractivity contribution in [2.45, 2.75) is 51.2 Å². The van der Waals surface area contributed by atoms with Crippen molar-refractivity contribution < 1.29 is 33.0 Å². The normalized spacial score (nSPS) is 20.5. The number of ether oxygens (including phenoxy) is 2. The van der Waals surface area contributed by atoms with Crippen molar-refractivity contribution in [3.63, 3.8) is 0 Å². The number of amides is 4. The van der Waals surface area contributed by atoms with Crippen molar-refractivity contribution in [2.24, 2.45) is 5.92 Å². The molecule has 1 aromatic heterocycles. The lowest BCUT2D eigenvalue weighted by molar-refractivity contribution is -0.132. The minimum atomic E-state index is -0.953. The van der Waals surface area contributed by atoms with Gasteiger partial charge in [0.15, 0.2) is 0 Å². The highest BCUT2D eigenvalue weighted by Gasteiger charge is 2.36. The SMILES string of the molecule is CC(C)CNC(=O)[C@@H]1COC/C=C\CC(=O)N2C[C@@H](NC(=O)Cc3ccc4ccccc4c3)C[C@H]2COc2cc(F)cc(c2)-c2csc(c2)C(=O)N1. The fraction of sp³-hybridized carbons (Fsp3) is 0.350. The zero-order valence-electron chi connectivity index (χ0n) is 29.2. The number of carbonyl (C=O) groups excluding carboxylic acids is 4. The van der Waals surface area contributed by atoms with Gasteiger partial charge in [0.05, 0.1) is 30.6 Å². The molecule has 3 heterocycles. The highest BCUT2D eigenvalue weighted by atomic mass is 32.1. The molecule has 4 aromatic rings. The van der Waals surface area contributed by atoms with Gasteiger partial charge in [-0.25, -0.2) is 4.39 Å². The molecule has 0 aliphatic carbocycles. The van der Waals surface area contributed by atoms with E-state index in [1.807, 2.05) is 56.3 Å². The second-order valence-corrected chi connectivity index (χ2v) is 14.5. The predicted octanol–water partition coefficient (Wildman–Crippen LogP) is 5.26. The summed E-state index contributed by atoms with van der Waals surface area (Å²) in [6.45, 7) is 4.83. The lowest BCUT2D eigenvalue weighted by Crippen LogP contribution is -2.50. The Morgan fingerprint density at radius 3 is 2.65 bits per heavy atom. The number of rotatable bonds is 6. The molecule has 3 aromatic carbocycles. The number of thiophene rings is 1. The van der Waals surface area contributed by atoms with Crippen LogP contribution >= 0.6 is 11.3 Å². The van der Waals surface area contributed by atoms with Gasteiger partial charge in [-0.05, 0) is 63.4 Å². The molecule has 0 radical (unpaired) electrons. The second-order valence-electron chi connectivity index (χ2n) is 13.6. The fourth-order valence-corrected chi connectivity index (χ4v) is 7.19. The summed E-state index contributed by atoms with van der Waals surface area (Å²) in [6, 6.07) is 18.3. The molecular weight excluding hydrogens is 684 g/mol. The summed E-state index contributed by atoms with van der Waals surface area (Å²) in [4.78, 5) is 55.0. The summed E-state index contributed by atoms with van der Waals surface area (Å²) in [5.74, 6) is -1.15. The molecule has 6 rings (SSSR count). The maximum absolute atomic E-state index is 14.9. The van der Waals surface area contributed by atoms with Gasteiger partial charge in [0.2, 0.25) is 17.7 Å². The highest BCUT2D eigenvalue weighted by molar-refractivity contribution is 7.12. The Hall–Kier alpha value is -5.07. The smallest absolute Gasteiger partial charge is 0.262 e. The third-order valence-electron chi connectivity index (χ3n) is 9.01. The molecule has 4 bridgehead atoms. The van der Waals surface area contributed by atoms with Gasteiger partial charge in [-0.1, -0.05) is 68.5 Å². The van der Waals surface area contributed by atoms with Gasteiger partial charge >= 0.3 is 0 Å². The molecule has 272 valence electrons. The summed E-state index contributed by atoms with van der Waals surface area (Å²) in [6.07, 6.45) is 4.15. The number of fused-ring (bicyclic) bond motifs is 7. The highest BCUT2D eigenvalue weighted by Crippen LogP contribution is 2.30. The van der Waals surface area contributed by atoms with Crippen LogP contribution in [0.4, 0.5) is 4.39 Å². The van der Waals surface area contributed by atoms with Crippen LogP contribution < -0.4 is 20.7 Å². The van der Waals surface area contributed by atoms with Crippen LogP contribution in [0.15, 0.2) is 84.3 Å². The average Bonchev–Trinajstić information content (AvgIpc) is 3.78. The van der Waals surface area contributed by atoms with Crippen molar-refractivity contribution in [3.8, 4) is 16.9 Å². The van der Waals surface area contributed by atoms with Crippen LogP contribution in [-0.4, -0.2) is 79.6 Å². The summed E-state index contributed by atoms with van der Waals surface area (Å²) in [7, 11) is 0. The average molecular weight is 727 g/mol. The van der Waals surface area contributed by atoms with E-state index in [1.54, 1.807) is 34.6 Å². The summed E-state index contributed by atoms with van der Waals surface area (Å²) < 4.78 is 26.8. The zero-order chi connectivity index (χ0) is 36.6. The number of benzene rings is 3. The van der Waals surface area contributed by atoms with E-state index in [-0.39, 0.29) is 74.1 Å². The molecule has 4 amide bonds. The third-order valence-corrected chi connectivity index (χ3v) is 9.94. The molecule has 3 N–H and O–H groups in total. The lowest BCUT2D eigenvalue weighted by Gasteiger charge is -2.24. The molecular formula is C40H43FN4O6S. The van der Waals surface area contributed by atoms with E-state index < -0.39 is 17.8 Å². The van der Waals surface area contributed by atoms with Gasteiger partial charge in [-0.15, -0.1) is 11.3 Å². The molecule has 10 nitrogen and oxygen atoms in total. The van der Waals surface area contributed by atoms with E-state index in [0.717, 1.165) is 16.3 Å². The topological polar surface area (TPSA) is 126 Å². The monoisotopic (exact) mass is 726 g/mol. The Labute approximate surface area is 306 Å². The van der Waals surface area contributed by atoms with Crippen LogP contribution in [0, 0.1) is 11.7 Å². The maximum Gasteiger partial charge on any atom is 0.262 e. The summed E-state index contributed by atoms with van der Waals surface area (Å²) in [5.41, 5.74) is 2.02. The van der Waals surface area contributed by atoms with Gasteiger partial charge < -0.3 is 30.3 Å². The summed E-state index contributed by atoms with van der Waals surface area (Å²) >= 11 is 1.18. The van der Waals surface area contributed by atoms with E-state index in [4.69, 9.17) is 9.47 Å². The Morgan fingerprint density at radius 1 is 1.00 bits per heavy atom. The number of hydrogen-bond donors (Lipinski definition) is 3. The molecule has 12 heteroatoms. The van der Waals surface area contributed by atoms with Gasteiger partial charge in [0, 0.05) is 31.6 Å². The van der Waals surface area contributed by atoms with Gasteiger partial charge in [0.1, 0.15) is 24.2 Å². The van der Waals surface area contributed by atoms with E-state index in [0.29, 0.717) is 35.5 Å². The van der Waals surface area contributed by atoms with Crippen molar-refractivity contribution in [2.75, 3.05) is 32.9 Å². The number of carbonyl (C=O) groups is 4. The minimum Gasteiger partial charge on any atom is -0.491 e. The van der Waals surface area contributed by atoms with Crippen LogP contribution in [0.5, 0.6) is 5.75 Å². The van der Waals surface area contributed by atoms with Crippen LogP contribution in [0.1, 0.15) is 41.9 Å². The number of halogens is 1. The number of hydrogen-bond acceptors (Lipinski definition) is 7. The molecule has 2 aliphatic rings. The van der Waals surface area contributed by atoms with Crippen molar-refractivity contribution in [3.05, 3.63) is 101 Å². The minimum absolute atomic E-state index is 0.0778. The van der Waals surface area contributed by atoms with Crippen LogP contribution in [-0.2, 0) is 25.5 Å². The fourth-order valence-electron chi connectivity index (χ4n) is 6.37. The van der Waals surface area contributed by atoms with E-state index in [2.05, 4.69) is 16.0 Å². The Morgan fingerprint density at radius 2 is 1.83 bits per heavy atom. The third kappa shape index (κ3) is 9.62. The van der Waals surface area contributed by atoms with Crippen LogP contribution in [0.2, 0.25) is 0 Å². The first-order valence-electron chi connectivity index (χ1n) is 17.5. The largest absolute Gasteiger partial charge is 0.491 e. The predicted molar refractivity (Wildman–Crippen MR) is 199 cm³/mol. The van der Waals surface area contributed by atoms with E-state index in [9.17, 15) is 23.6 Å². The standard InChI is InChI=1S/C40H43FN4O6S/c1-25(2)20-42-39(48)35-23-50-12-6-5-9-38(47)45-21-32(43-37(46)14-26-10-11-27-7-3-4-8-28(27)13-26)19-33(45)22-51-34-16-29(15-31(41)18-34)30-17-36(52-24-30)40(49)44-35/h3-8,10-11,13,15-18,24-25,32-33,35H,9,12,14,19-23H2,1-2H3,(H,42,48)(H,43,46)(H,44,49)/b6-5-/t32-,33-,35-/m0/s1. The molecule has 0 saturated carbocycles. The summed E-state index contributed by atoms with van der Waals surface area (Å²) in [5, 5.41) is 12.6. The van der Waals surface area contributed by atoms with Gasteiger partial charge in [0.25, 0.3) is 5.91 Å². The zero-order valence-corrected chi connectivity index (χ0v) is 30.0. The first kappa shape index (κ1) is 36.7. The van der Waals surface area contributed by atoms with E-state index in [1.165, 1.54) is 23.5 Å². The quantitative estimate of drug-likeness (QED) is 0.233. The number of nitrogens with one attached hydrogen (secondary N) is 3. The second kappa shape index (κ2) is 17.0. The Balaban J connectivity index is 1.19. The number of nitrogens with zero attached hydrogens (tertiary/aromatic N) is 1. The van der Waals surface area contributed by atoms with Crippen molar-refractivity contribution >= 4 is 45.7 Å².